The average Bonchev–Trinajstić information content (AvgIpc) is 3.07. The van der Waals surface area contributed by atoms with Crippen LogP contribution in [0.1, 0.15) is 38.3 Å². The minimum atomic E-state index is -4.23. The van der Waals surface area contributed by atoms with Gasteiger partial charge in [-0.15, -0.1) is 0 Å². The highest BCUT2D eigenvalue weighted by atomic mass is 35.5. The van der Waals surface area contributed by atoms with Gasteiger partial charge in [-0.25, -0.2) is 8.42 Å². The van der Waals surface area contributed by atoms with Gasteiger partial charge in [0.15, 0.2) is 0 Å². The molecule has 0 aliphatic rings. The molecule has 0 spiro atoms. The highest BCUT2D eigenvalue weighted by Crippen LogP contribution is 2.30. The lowest BCUT2D eigenvalue weighted by molar-refractivity contribution is -0.140. The molecule has 2 amide bonds. The van der Waals surface area contributed by atoms with Gasteiger partial charge >= 0.3 is 0 Å². The zero-order valence-electron chi connectivity index (χ0n) is 26.6. The number of benzene rings is 4. The molecule has 0 radical (unpaired) electrons. The van der Waals surface area contributed by atoms with Crippen LogP contribution < -0.4 is 14.4 Å². The Hall–Kier alpha value is -4.05. The van der Waals surface area contributed by atoms with E-state index in [1.165, 1.54) is 17.0 Å². The van der Waals surface area contributed by atoms with Crippen molar-refractivity contribution >= 4 is 50.7 Å². The van der Waals surface area contributed by atoms with Crippen molar-refractivity contribution in [3.8, 4) is 5.75 Å². The highest BCUT2D eigenvalue weighted by Gasteiger charge is 2.35. The number of hydrogen-bond acceptors (Lipinski definition) is 5. The Morgan fingerprint density at radius 1 is 0.830 bits per heavy atom. The molecule has 4 aromatic rings. The number of rotatable bonds is 15. The standard InChI is InChI=1S/C36H39Cl2N3O5S/c1-4-26(3)39-36(43)34(23-27-13-8-6-9-14-27)40(24-31-32(37)17-12-18-33(31)38)35(42)25-41(28-19-21-29(22-20-28)46-5-2)47(44,45)30-15-10-7-11-16-30/h6-22,26,34H,4-5,23-25H2,1-3H3,(H,39,43)/t26-,34-/m0/s1. The van der Waals surface area contributed by atoms with Crippen molar-refractivity contribution in [3.05, 3.63) is 124 Å². The molecule has 47 heavy (non-hydrogen) atoms. The number of amides is 2. The quantitative estimate of drug-likeness (QED) is 0.143. The van der Waals surface area contributed by atoms with E-state index in [-0.39, 0.29) is 35.5 Å². The zero-order chi connectivity index (χ0) is 34.0. The topological polar surface area (TPSA) is 96.0 Å². The average molecular weight is 697 g/mol. The number of nitrogens with one attached hydrogen (secondary N) is 1. The molecule has 0 unspecified atom stereocenters. The largest absolute Gasteiger partial charge is 0.494 e. The third-order valence-corrected chi connectivity index (χ3v) is 10.2. The first-order chi connectivity index (χ1) is 22.5. The summed E-state index contributed by atoms with van der Waals surface area (Å²) in [4.78, 5) is 30.0. The molecule has 1 N–H and O–H groups in total. The summed E-state index contributed by atoms with van der Waals surface area (Å²) in [6.45, 7) is 5.38. The molecule has 0 saturated heterocycles. The van der Waals surface area contributed by atoms with Crippen molar-refractivity contribution in [2.24, 2.45) is 0 Å². The Labute approximate surface area is 287 Å². The zero-order valence-corrected chi connectivity index (χ0v) is 28.9. The highest BCUT2D eigenvalue weighted by molar-refractivity contribution is 7.92. The molecule has 0 fully saturated rings. The van der Waals surface area contributed by atoms with Crippen LogP contribution in [-0.2, 0) is 32.6 Å². The molecule has 248 valence electrons. The molecule has 0 aliphatic heterocycles. The van der Waals surface area contributed by atoms with Crippen molar-refractivity contribution < 1.29 is 22.7 Å². The van der Waals surface area contributed by atoms with Crippen LogP contribution in [0.5, 0.6) is 5.75 Å². The molecule has 0 aromatic heterocycles. The second-order valence-corrected chi connectivity index (χ2v) is 13.7. The fraction of sp³-hybridized carbons (Fsp3) is 0.278. The maximum Gasteiger partial charge on any atom is 0.264 e. The number of carbonyl (C=O) groups excluding carboxylic acids is 2. The Balaban J connectivity index is 1.83. The predicted molar refractivity (Wildman–Crippen MR) is 187 cm³/mol. The van der Waals surface area contributed by atoms with Crippen molar-refractivity contribution in [3.63, 3.8) is 0 Å². The third kappa shape index (κ3) is 9.28. The van der Waals surface area contributed by atoms with Crippen LogP contribution in [0.4, 0.5) is 5.69 Å². The van der Waals surface area contributed by atoms with Crippen LogP contribution >= 0.6 is 23.2 Å². The Bertz CT molecular complexity index is 1720. The number of anilines is 1. The van der Waals surface area contributed by atoms with Crippen molar-refractivity contribution in [2.45, 2.75) is 57.1 Å². The molecule has 0 bridgehead atoms. The summed E-state index contributed by atoms with van der Waals surface area (Å²) < 4.78 is 34.9. The van der Waals surface area contributed by atoms with Crippen LogP contribution in [-0.4, -0.2) is 50.4 Å². The number of hydrogen-bond donors (Lipinski definition) is 1. The predicted octanol–water partition coefficient (Wildman–Crippen LogP) is 7.14. The minimum Gasteiger partial charge on any atom is -0.494 e. The van der Waals surface area contributed by atoms with E-state index in [0.29, 0.717) is 34.4 Å². The number of ether oxygens (including phenoxy) is 1. The summed E-state index contributed by atoms with van der Waals surface area (Å²) in [5.41, 5.74) is 1.52. The molecule has 0 aliphatic carbocycles. The van der Waals surface area contributed by atoms with Gasteiger partial charge in [0.25, 0.3) is 10.0 Å². The first-order valence-electron chi connectivity index (χ1n) is 15.4. The molecule has 2 atom stereocenters. The molecular weight excluding hydrogens is 657 g/mol. The van der Waals surface area contributed by atoms with Crippen LogP contribution in [0.25, 0.3) is 0 Å². The van der Waals surface area contributed by atoms with E-state index < -0.39 is 28.5 Å². The number of carbonyl (C=O) groups is 2. The van der Waals surface area contributed by atoms with Gasteiger partial charge in [-0.3, -0.25) is 13.9 Å². The summed E-state index contributed by atoms with van der Waals surface area (Å²) in [6.07, 6.45) is 0.848. The van der Waals surface area contributed by atoms with E-state index in [2.05, 4.69) is 5.32 Å². The summed E-state index contributed by atoms with van der Waals surface area (Å²) in [5.74, 6) is -0.438. The minimum absolute atomic E-state index is 0.0118. The van der Waals surface area contributed by atoms with Gasteiger partial charge in [0.05, 0.1) is 17.2 Å². The molecule has 4 aromatic carbocycles. The molecule has 0 heterocycles. The summed E-state index contributed by atoms with van der Waals surface area (Å²) in [7, 11) is -4.23. The van der Waals surface area contributed by atoms with Gasteiger partial charge in [-0.05, 0) is 74.4 Å². The second-order valence-electron chi connectivity index (χ2n) is 11.0. The van der Waals surface area contributed by atoms with E-state index in [1.807, 2.05) is 51.1 Å². The van der Waals surface area contributed by atoms with Crippen LogP contribution in [0.2, 0.25) is 10.0 Å². The lowest BCUT2D eigenvalue weighted by Gasteiger charge is -2.34. The van der Waals surface area contributed by atoms with Crippen molar-refractivity contribution in [2.75, 3.05) is 17.5 Å². The Kier molecular flexibility index (Phi) is 12.7. The number of sulfonamides is 1. The van der Waals surface area contributed by atoms with Crippen LogP contribution in [0.15, 0.2) is 108 Å². The van der Waals surface area contributed by atoms with Gasteiger partial charge in [0.2, 0.25) is 11.8 Å². The Morgan fingerprint density at radius 2 is 1.43 bits per heavy atom. The van der Waals surface area contributed by atoms with E-state index in [0.717, 1.165) is 9.87 Å². The molecule has 8 nitrogen and oxygen atoms in total. The monoisotopic (exact) mass is 695 g/mol. The smallest absolute Gasteiger partial charge is 0.264 e. The van der Waals surface area contributed by atoms with Gasteiger partial charge in [0, 0.05) is 34.6 Å². The fourth-order valence-corrected chi connectivity index (χ4v) is 6.92. The molecule has 0 saturated carbocycles. The van der Waals surface area contributed by atoms with Crippen molar-refractivity contribution in [1.29, 1.82) is 0 Å². The van der Waals surface area contributed by atoms with Gasteiger partial charge < -0.3 is 15.0 Å². The summed E-state index contributed by atoms with van der Waals surface area (Å²) in [5, 5.41) is 3.65. The first kappa shape index (κ1) is 35.8. The summed E-state index contributed by atoms with van der Waals surface area (Å²) in [6, 6.07) is 27.5. The normalized spacial score (nSPS) is 12.5. The van der Waals surface area contributed by atoms with Crippen LogP contribution in [0.3, 0.4) is 0 Å². The molecule has 11 heteroatoms. The Morgan fingerprint density at radius 3 is 2.00 bits per heavy atom. The van der Waals surface area contributed by atoms with E-state index in [9.17, 15) is 18.0 Å². The molecular formula is C36H39Cl2N3O5S. The third-order valence-electron chi connectivity index (χ3n) is 7.71. The summed E-state index contributed by atoms with van der Waals surface area (Å²) >= 11 is 13.2. The van der Waals surface area contributed by atoms with Crippen molar-refractivity contribution in [1.82, 2.24) is 10.2 Å². The van der Waals surface area contributed by atoms with E-state index in [1.54, 1.807) is 60.7 Å². The lowest BCUT2D eigenvalue weighted by Crippen LogP contribution is -2.54. The van der Waals surface area contributed by atoms with E-state index >= 15 is 0 Å². The first-order valence-corrected chi connectivity index (χ1v) is 17.6. The fourth-order valence-electron chi connectivity index (χ4n) is 4.97. The SMILES string of the molecule is CCOc1ccc(N(CC(=O)N(Cc2c(Cl)cccc2Cl)[C@@H](Cc2ccccc2)C(=O)N[C@@H](C)CC)S(=O)(=O)c2ccccc2)cc1. The number of nitrogens with zero attached hydrogens (tertiary/aromatic N) is 2. The maximum absolute atomic E-state index is 14.6. The maximum atomic E-state index is 14.6. The lowest BCUT2D eigenvalue weighted by atomic mass is 10.0. The second kappa shape index (κ2) is 16.7. The van der Waals surface area contributed by atoms with E-state index in [4.69, 9.17) is 27.9 Å². The van der Waals surface area contributed by atoms with Gasteiger partial charge in [0.1, 0.15) is 18.3 Å². The number of halogens is 2. The molecule has 4 rings (SSSR count). The van der Waals surface area contributed by atoms with Gasteiger partial charge in [-0.2, -0.15) is 0 Å². The van der Waals surface area contributed by atoms with Gasteiger partial charge in [-0.1, -0.05) is 84.7 Å². The van der Waals surface area contributed by atoms with Crippen LogP contribution in [0, 0.1) is 0 Å².